The lowest BCUT2D eigenvalue weighted by atomic mass is 9.79. The average Bonchev–Trinajstić information content (AvgIpc) is 1.55. The van der Waals surface area contributed by atoms with Crippen molar-refractivity contribution in [3.8, 4) is 145 Å². The van der Waals surface area contributed by atoms with Gasteiger partial charge in [0.05, 0.1) is 8.95 Å². The molecule has 9 heteroatoms. The fourth-order valence-corrected chi connectivity index (χ4v) is 19.2. The summed E-state index contributed by atoms with van der Waals surface area (Å²) < 4.78 is 30.4. The first kappa shape index (κ1) is 83.9. The highest BCUT2D eigenvalue weighted by molar-refractivity contribution is 9.11. The summed E-state index contributed by atoms with van der Waals surface area (Å²) in [4.78, 5) is 0. The molecule has 2 N–H and O–H groups in total. The summed E-state index contributed by atoms with van der Waals surface area (Å²) in [5.74, 6) is 3.27. The van der Waals surface area contributed by atoms with E-state index in [4.69, 9.17) is 27.7 Å². The van der Waals surface area contributed by atoms with Crippen LogP contribution in [0.15, 0.2) is 469 Å². The molecule has 4 aromatic heterocycles. The summed E-state index contributed by atoms with van der Waals surface area (Å²) in [5, 5.41) is 29.5. The highest BCUT2D eigenvalue weighted by Crippen LogP contribution is 2.58. The highest BCUT2D eigenvalue weighted by atomic mass is 79.9. The SMILES string of the molecule is Brc1c2oc(-c3ccccc3)c(-c3ccccc3)c2c(Br)c2oc(-c3ccccc3)c(-c3ccccc3)c12.C.C.C.OB(O)c1ccc(-c2cccc3ccccc23)cc1.[HH].c1ccc(-c2oc3c(-c4ccc(-c5cccc6ccccc56)cc4)c4c(-c5ccccc5)c(-c5ccccc5)oc4c(-c4ccc(-c5cccc6ccccc56)cc4)c3c2-c2ccccc2)cc1. The normalized spacial score (nSPS) is 11.1. The molecule has 0 saturated carbocycles. The molecule has 23 rings (SSSR count). The standard InChI is InChI=1S/C66H42O2.C34H20Br2O2.C16H13BO2.3CH4.H2/c1-5-21-47(22-6-1)57-61-59(49-39-35-45(36-40-49)55-33-17-29-43-19-13-15-31-53(43)55)66-62(58(48-23-7-2-8-24-48)64(68-66)52-27-11-4-12-28-52)60(65(61)67-63(57)51-25-9-3-10-26-51)50-41-37-46(38-42-50)56-34-18-30-44-20-14-16-32-54(44)56;35-29-27-25(21-13-5-1-6-14-21)31(23-17-9-3-10-18-23)37-33(27)30(36)28-26(22-15-7-2-8-16-22)32(38-34(28)29)24-19-11-4-12-20-24;18-17(19)14-10-8-13(9-11-14)16-7-3-5-12-4-1-2-6-15(12)16;;;;/h1-42H;1-20H;1-11,18-19H;3*1H4;1H. The van der Waals surface area contributed by atoms with Crippen molar-refractivity contribution >= 4 is 121 Å². The van der Waals surface area contributed by atoms with Crippen molar-refractivity contribution < 1.29 is 29.1 Å². The molecule has 0 radical (unpaired) electrons. The molecule has 23 aromatic rings. The quantitative estimate of drug-likeness (QED) is 0.105. The molecule has 0 aliphatic carbocycles. The zero-order chi connectivity index (χ0) is 83.9. The number of halogens is 2. The summed E-state index contributed by atoms with van der Waals surface area (Å²) in [6, 6.07) is 154. The Hall–Kier alpha value is -14.9. The Balaban J connectivity index is 0.000000160. The Bertz CT molecular complexity index is 7460. The summed E-state index contributed by atoms with van der Waals surface area (Å²) in [7, 11) is -1.42. The van der Waals surface area contributed by atoms with E-state index in [1.807, 2.05) is 78.9 Å². The van der Waals surface area contributed by atoms with Crippen LogP contribution in [0.5, 0.6) is 0 Å². The van der Waals surface area contributed by atoms with Gasteiger partial charge in [-0.1, -0.05) is 465 Å². The van der Waals surface area contributed by atoms with Gasteiger partial charge in [-0.25, -0.2) is 0 Å². The smallest absolute Gasteiger partial charge is 0.455 e. The minimum Gasteiger partial charge on any atom is -0.455 e. The Labute approximate surface area is 763 Å². The molecule has 0 aliphatic heterocycles. The second-order valence-corrected chi connectivity index (χ2v) is 32.7. The van der Waals surface area contributed by atoms with Crippen molar-refractivity contribution in [1.29, 1.82) is 0 Å². The molecule has 618 valence electrons. The fraction of sp³-hybridized carbons (Fsp3) is 0.0252. The van der Waals surface area contributed by atoms with Crippen LogP contribution >= 0.6 is 31.9 Å². The number of benzene rings is 19. The number of furan rings is 4. The van der Waals surface area contributed by atoms with Gasteiger partial charge in [0.1, 0.15) is 34.2 Å². The van der Waals surface area contributed by atoms with E-state index < -0.39 is 7.12 Å². The highest BCUT2D eigenvalue weighted by Gasteiger charge is 2.34. The first-order valence-electron chi connectivity index (χ1n) is 41.8. The number of rotatable bonds is 14. The van der Waals surface area contributed by atoms with Gasteiger partial charge in [0.15, 0.2) is 11.2 Å². The third kappa shape index (κ3) is 15.6. The van der Waals surface area contributed by atoms with Crippen LogP contribution in [-0.4, -0.2) is 17.2 Å². The van der Waals surface area contributed by atoms with Gasteiger partial charge in [-0.15, -0.1) is 0 Å². The molecule has 19 aromatic carbocycles. The third-order valence-electron chi connectivity index (χ3n) is 23.7. The van der Waals surface area contributed by atoms with Crippen LogP contribution in [-0.2, 0) is 0 Å². The predicted molar refractivity (Wildman–Crippen MR) is 549 cm³/mol. The van der Waals surface area contributed by atoms with Crippen LogP contribution in [0, 0.1) is 0 Å². The second-order valence-electron chi connectivity index (χ2n) is 31.1. The topological polar surface area (TPSA) is 93.0 Å². The first-order valence-corrected chi connectivity index (χ1v) is 43.4. The Morgan fingerprint density at radius 2 is 0.391 bits per heavy atom. The van der Waals surface area contributed by atoms with E-state index in [0.29, 0.717) is 5.46 Å². The number of fused-ring (bicyclic) bond motifs is 7. The average molecular weight is 1790 g/mol. The predicted octanol–water partition coefficient (Wildman–Crippen LogP) is 34.5. The third-order valence-corrected chi connectivity index (χ3v) is 25.2. The maximum Gasteiger partial charge on any atom is 0.488 e. The second kappa shape index (κ2) is 36.7. The van der Waals surface area contributed by atoms with E-state index in [9.17, 15) is 0 Å². The summed E-state index contributed by atoms with van der Waals surface area (Å²) in [5.41, 5.74) is 27.0. The fourth-order valence-electron chi connectivity index (χ4n) is 17.9. The van der Waals surface area contributed by atoms with E-state index in [1.165, 1.54) is 43.4 Å². The van der Waals surface area contributed by atoms with E-state index in [-0.39, 0.29) is 23.7 Å². The van der Waals surface area contributed by atoms with Crippen LogP contribution in [0.1, 0.15) is 23.7 Å². The largest absolute Gasteiger partial charge is 0.488 e. The Morgan fingerprint density at radius 3 is 0.656 bits per heavy atom. The van der Waals surface area contributed by atoms with Gasteiger partial charge in [0.2, 0.25) is 0 Å². The zero-order valence-corrected chi connectivity index (χ0v) is 70.7. The van der Waals surface area contributed by atoms with Crippen LogP contribution < -0.4 is 5.46 Å². The van der Waals surface area contributed by atoms with Crippen LogP contribution in [0.3, 0.4) is 0 Å². The van der Waals surface area contributed by atoms with E-state index in [2.05, 4.69) is 384 Å². The molecule has 128 heavy (non-hydrogen) atoms. The lowest BCUT2D eigenvalue weighted by Crippen LogP contribution is -2.29. The van der Waals surface area contributed by atoms with Crippen molar-refractivity contribution in [3.05, 3.63) is 452 Å². The minimum atomic E-state index is -1.42. The van der Waals surface area contributed by atoms with Crippen molar-refractivity contribution in [2.75, 3.05) is 0 Å². The summed E-state index contributed by atoms with van der Waals surface area (Å²) in [6.07, 6.45) is 0. The molecule has 0 bridgehead atoms. The molecule has 0 fully saturated rings. The number of hydrogen-bond acceptors (Lipinski definition) is 6. The molecule has 0 spiro atoms. The molecule has 6 nitrogen and oxygen atoms in total. The van der Waals surface area contributed by atoms with Gasteiger partial charge in [-0.05, 0) is 136 Å². The van der Waals surface area contributed by atoms with Crippen molar-refractivity contribution in [2.24, 2.45) is 0 Å². The Kier molecular flexibility index (Phi) is 24.1. The minimum absolute atomic E-state index is 0. The maximum absolute atomic E-state index is 9.11. The molecule has 0 aliphatic rings. The monoisotopic (exact) mass is 1780 g/mol. The first-order chi connectivity index (χ1) is 61.7. The van der Waals surface area contributed by atoms with Crippen LogP contribution in [0.25, 0.3) is 222 Å². The molecule has 0 amide bonds. The van der Waals surface area contributed by atoms with Gasteiger partial charge in [-0.2, -0.15) is 0 Å². The van der Waals surface area contributed by atoms with Gasteiger partial charge in [0, 0.05) is 78.6 Å². The van der Waals surface area contributed by atoms with Gasteiger partial charge < -0.3 is 27.7 Å². The van der Waals surface area contributed by atoms with E-state index >= 15 is 0 Å². The zero-order valence-electron chi connectivity index (χ0n) is 67.5. The lowest BCUT2D eigenvalue weighted by molar-refractivity contribution is 0.426. The van der Waals surface area contributed by atoms with E-state index in [0.717, 1.165) is 187 Å². The van der Waals surface area contributed by atoms with Crippen molar-refractivity contribution in [1.82, 2.24) is 0 Å². The van der Waals surface area contributed by atoms with Crippen LogP contribution in [0.2, 0.25) is 0 Å². The molecule has 0 atom stereocenters. The van der Waals surface area contributed by atoms with Crippen molar-refractivity contribution in [3.63, 3.8) is 0 Å². The van der Waals surface area contributed by atoms with Crippen molar-refractivity contribution in [2.45, 2.75) is 22.3 Å². The molecule has 4 heterocycles. The number of hydrogen-bond donors (Lipinski definition) is 2. The van der Waals surface area contributed by atoms with E-state index in [1.54, 1.807) is 12.1 Å². The molecular weight excluding hydrogens is 1700 g/mol. The van der Waals surface area contributed by atoms with Gasteiger partial charge in [-0.3, -0.25) is 0 Å². The lowest BCUT2D eigenvalue weighted by Gasteiger charge is -2.15. The molecule has 0 saturated heterocycles. The molecular formula is C119H89BBr2O6. The van der Waals surface area contributed by atoms with Gasteiger partial charge >= 0.3 is 7.12 Å². The van der Waals surface area contributed by atoms with Gasteiger partial charge in [0.25, 0.3) is 0 Å². The molecule has 0 unspecified atom stereocenters. The summed E-state index contributed by atoms with van der Waals surface area (Å²) in [6.45, 7) is 0. The maximum atomic E-state index is 9.11. The van der Waals surface area contributed by atoms with Crippen LogP contribution in [0.4, 0.5) is 0 Å². The summed E-state index contributed by atoms with van der Waals surface area (Å²) >= 11 is 7.94. The Morgan fingerprint density at radius 1 is 0.188 bits per heavy atom.